The number of hydrogen-bond donors (Lipinski definition) is 0. The van der Waals surface area contributed by atoms with Crippen LogP contribution in [0.1, 0.15) is 17.4 Å². The Bertz CT molecular complexity index is 541. The first-order valence-electron chi connectivity index (χ1n) is 5.26. The minimum absolute atomic E-state index is 0.721. The van der Waals surface area contributed by atoms with Crippen molar-refractivity contribution in [1.82, 2.24) is 0 Å². The summed E-state index contributed by atoms with van der Waals surface area (Å²) in [5.74, 6) is 0. The van der Waals surface area contributed by atoms with Crippen molar-refractivity contribution in [2.75, 3.05) is 0 Å². The molecule has 0 radical (unpaired) electrons. The van der Waals surface area contributed by atoms with Gasteiger partial charge in [-0.1, -0.05) is 35.9 Å². The molecule has 3 heteroatoms. The van der Waals surface area contributed by atoms with E-state index in [1.54, 1.807) is 17.6 Å². The van der Waals surface area contributed by atoms with Gasteiger partial charge in [0.15, 0.2) is 0 Å². The molecule has 1 heterocycles. The topological polar surface area (TPSA) is 12.4 Å². The zero-order valence-corrected chi connectivity index (χ0v) is 11.0. The molecule has 2 aromatic rings. The van der Waals surface area contributed by atoms with Crippen LogP contribution in [0, 0.1) is 0 Å². The van der Waals surface area contributed by atoms with Gasteiger partial charge >= 0.3 is 0 Å². The maximum Gasteiger partial charge on any atom is 0.0493 e. The van der Waals surface area contributed by atoms with E-state index in [-0.39, 0.29) is 0 Å². The Hall–Kier alpha value is -1.38. The lowest BCUT2D eigenvalue weighted by Crippen LogP contribution is -1.81. The predicted molar refractivity (Wildman–Crippen MR) is 77.0 cm³/mol. The molecule has 0 aliphatic rings. The molecule has 2 rings (SSSR count). The van der Waals surface area contributed by atoms with Gasteiger partial charge in [0.2, 0.25) is 0 Å². The zero-order valence-electron chi connectivity index (χ0n) is 9.43. The van der Waals surface area contributed by atoms with Crippen LogP contribution >= 0.6 is 22.9 Å². The summed E-state index contributed by atoms with van der Waals surface area (Å²) in [4.78, 5) is 5.53. The number of benzene rings is 1. The van der Waals surface area contributed by atoms with E-state index in [2.05, 4.69) is 23.4 Å². The second-order valence-electron chi connectivity index (χ2n) is 3.59. The highest BCUT2D eigenvalue weighted by Gasteiger charge is 1.95. The van der Waals surface area contributed by atoms with Crippen LogP contribution in [-0.2, 0) is 0 Å². The van der Waals surface area contributed by atoms with Crippen molar-refractivity contribution in [3.05, 3.63) is 63.4 Å². The summed E-state index contributed by atoms with van der Waals surface area (Å²) in [7, 11) is 0. The van der Waals surface area contributed by atoms with Gasteiger partial charge in [0.1, 0.15) is 0 Å². The van der Waals surface area contributed by atoms with Crippen molar-refractivity contribution in [3.8, 4) is 0 Å². The minimum Gasteiger partial charge on any atom is -0.264 e. The lowest BCUT2D eigenvalue weighted by atomic mass is 10.2. The maximum atomic E-state index is 6.03. The first kappa shape index (κ1) is 12.1. The van der Waals surface area contributed by atoms with E-state index >= 15 is 0 Å². The van der Waals surface area contributed by atoms with Gasteiger partial charge < -0.3 is 0 Å². The molecule has 0 spiro atoms. The zero-order chi connectivity index (χ0) is 12.1. The van der Waals surface area contributed by atoms with Crippen LogP contribution in [0.2, 0.25) is 5.02 Å². The fourth-order valence-electron chi connectivity index (χ4n) is 1.38. The molecule has 0 saturated heterocycles. The molecule has 0 amide bonds. The first-order chi connectivity index (χ1) is 8.27. The van der Waals surface area contributed by atoms with Gasteiger partial charge in [0.25, 0.3) is 0 Å². The van der Waals surface area contributed by atoms with Gasteiger partial charge in [-0.05, 0) is 30.0 Å². The number of hydrogen-bond acceptors (Lipinski definition) is 2. The molecular formula is C14H12ClNS. The summed E-state index contributed by atoms with van der Waals surface area (Å²) < 4.78 is 0. The Morgan fingerprint density at radius 1 is 1.24 bits per heavy atom. The lowest BCUT2D eigenvalue weighted by molar-refractivity contribution is 1.54. The summed E-state index contributed by atoms with van der Waals surface area (Å²) in [6.07, 6.45) is 3.63. The third-order valence-electron chi connectivity index (χ3n) is 2.30. The fraction of sp³-hybridized carbons (Fsp3) is 0.0714. The first-order valence-corrected chi connectivity index (χ1v) is 6.51. The number of nitrogens with zero attached hydrogens (tertiary/aromatic N) is 1. The van der Waals surface area contributed by atoms with Gasteiger partial charge in [-0.2, -0.15) is 0 Å². The molecule has 17 heavy (non-hydrogen) atoms. The summed E-state index contributed by atoms with van der Waals surface area (Å²) >= 11 is 7.74. The third-order valence-corrected chi connectivity index (χ3v) is 3.65. The van der Waals surface area contributed by atoms with E-state index in [9.17, 15) is 0 Å². The van der Waals surface area contributed by atoms with E-state index < -0.39 is 0 Å². The van der Waals surface area contributed by atoms with Crippen molar-refractivity contribution < 1.29 is 0 Å². The van der Waals surface area contributed by atoms with Crippen molar-refractivity contribution in [3.63, 3.8) is 0 Å². The fourth-order valence-corrected chi connectivity index (χ4v) is 2.26. The molecule has 0 aliphatic carbocycles. The predicted octanol–water partition coefficient (Wildman–Crippen LogP) is 4.88. The third kappa shape index (κ3) is 3.29. The molecular weight excluding hydrogens is 250 g/mol. The van der Waals surface area contributed by atoms with Gasteiger partial charge in [0.05, 0.1) is 0 Å². The molecule has 86 valence electrons. The number of rotatable bonds is 3. The Kier molecular flexibility index (Phi) is 4.13. The minimum atomic E-state index is 0.721. The largest absolute Gasteiger partial charge is 0.264 e. The number of halogens is 1. The van der Waals surface area contributed by atoms with Gasteiger partial charge in [-0.3, -0.25) is 4.99 Å². The van der Waals surface area contributed by atoms with Crippen LogP contribution in [0.15, 0.2) is 53.0 Å². The van der Waals surface area contributed by atoms with Crippen LogP contribution in [0.25, 0.3) is 5.57 Å². The van der Waals surface area contributed by atoms with Crippen molar-refractivity contribution in [2.45, 2.75) is 6.92 Å². The van der Waals surface area contributed by atoms with Crippen molar-refractivity contribution >= 4 is 34.7 Å². The number of allylic oxidation sites excluding steroid dienone is 1. The molecule has 1 aromatic heterocycles. The van der Waals surface area contributed by atoms with Crippen molar-refractivity contribution in [2.24, 2.45) is 4.99 Å². The van der Waals surface area contributed by atoms with Crippen molar-refractivity contribution in [1.29, 1.82) is 0 Å². The summed E-state index contributed by atoms with van der Waals surface area (Å²) in [5.41, 5.74) is 2.09. The van der Waals surface area contributed by atoms with E-state index in [1.165, 1.54) is 4.88 Å². The molecule has 0 N–H and O–H groups in total. The quantitative estimate of drug-likeness (QED) is 0.698. The number of thiophene rings is 1. The average molecular weight is 262 g/mol. The Morgan fingerprint density at radius 2 is 2.06 bits per heavy atom. The highest BCUT2D eigenvalue weighted by molar-refractivity contribution is 7.11. The molecule has 0 atom stereocenters. The second-order valence-corrected chi connectivity index (χ2v) is 4.94. The Morgan fingerprint density at radius 3 is 2.76 bits per heavy atom. The smallest absolute Gasteiger partial charge is 0.0493 e. The summed E-state index contributed by atoms with van der Waals surface area (Å²) in [5, 5.41) is 2.78. The molecule has 0 aliphatic heterocycles. The normalized spacial score (nSPS) is 12.2. The van der Waals surface area contributed by atoms with Gasteiger partial charge in [0, 0.05) is 27.9 Å². The van der Waals surface area contributed by atoms with E-state index in [1.807, 2.05) is 36.5 Å². The molecule has 0 fully saturated rings. The Labute approximate surface area is 110 Å². The number of aliphatic imine (C=N–C) groups is 1. The van der Waals surface area contributed by atoms with Crippen LogP contribution in [0.4, 0.5) is 0 Å². The molecule has 1 nitrogen and oxygen atoms in total. The summed E-state index contributed by atoms with van der Waals surface area (Å²) in [6, 6.07) is 11.8. The van der Waals surface area contributed by atoms with E-state index in [4.69, 9.17) is 11.6 Å². The highest BCUT2D eigenvalue weighted by Crippen LogP contribution is 2.19. The second kappa shape index (κ2) is 5.80. The van der Waals surface area contributed by atoms with Gasteiger partial charge in [-0.15, -0.1) is 11.3 Å². The molecule has 0 unspecified atom stereocenters. The van der Waals surface area contributed by atoms with Crippen LogP contribution in [0.3, 0.4) is 0 Å². The molecule has 0 saturated carbocycles. The average Bonchev–Trinajstić information content (AvgIpc) is 2.85. The monoisotopic (exact) mass is 261 g/mol. The van der Waals surface area contributed by atoms with Crippen LogP contribution < -0.4 is 0 Å². The SMILES string of the molecule is C/C(=C\N=C\c1ccccc1Cl)c1cccs1. The molecule has 1 aromatic carbocycles. The lowest BCUT2D eigenvalue weighted by Gasteiger charge is -1.95. The molecule has 0 bridgehead atoms. The summed E-state index contributed by atoms with van der Waals surface area (Å²) in [6.45, 7) is 2.05. The van der Waals surface area contributed by atoms with E-state index in [0.29, 0.717) is 0 Å². The van der Waals surface area contributed by atoms with Gasteiger partial charge in [-0.25, -0.2) is 0 Å². The Balaban J connectivity index is 2.13. The highest BCUT2D eigenvalue weighted by atomic mass is 35.5. The van der Waals surface area contributed by atoms with E-state index in [0.717, 1.165) is 16.2 Å². The standard InChI is InChI=1S/C14H12ClNS/c1-11(14-7-4-8-17-14)9-16-10-12-5-2-3-6-13(12)15/h2-10H,1H3/b11-9+,16-10+. The van der Waals surface area contributed by atoms with Crippen LogP contribution in [0.5, 0.6) is 0 Å². The van der Waals surface area contributed by atoms with Crippen LogP contribution in [-0.4, -0.2) is 6.21 Å². The maximum absolute atomic E-state index is 6.03.